The van der Waals surface area contributed by atoms with Crippen molar-refractivity contribution in [3.8, 4) is 16.9 Å². The molecule has 0 amide bonds. The van der Waals surface area contributed by atoms with E-state index >= 15 is 0 Å². The zero-order chi connectivity index (χ0) is 16.8. The van der Waals surface area contributed by atoms with Gasteiger partial charge in [0.15, 0.2) is 0 Å². The average Bonchev–Trinajstić information content (AvgIpc) is 2.55. The number of ether oxygens (including phenoxy) is 1. The smallest absolute Gasteiger partial charge is 0.335 e. The van der Waals surface area contributed by atoms with Gasteiger partial charge in [-0.15, -0.1) is 0 Å². The number of hydrogen-bond acceptors (Lipinski definition) is 3. The maximum absolute atomic E-state index is 11.8. The van der Waals surface area contributed by atoms with Gasteiger partial charge in [-0.3, -0.25) is 4.79 Å². The second kappa shape index (κ2) is 7.58. The van der Waals surface area contributed by atoms with Crippen molar-refractivity contribution in [2.45, 2.75) is 26.7 Å². The van der Waals surface area contributed by atoms with Crippen LogP contribution in [0.1, 0.15) is 37.0 Å². The quantitative estimate of drug-likeness (QED) is 0.634. The van der Waals surface area contributed by atoms with Crippen molar-refractivity contribution < 1.29 is 19.4 Å². The zero-order valence-corrected chi connectivity index (χ0v) is 13.3. The van der Waals surface area contributed by atoms with Crippen LogP contribution in [-0.2, 0) is 4.79 Å². The average molecular weight is 312 g/mol. The van der Waals surface area contributed by atoms with Gasteiger partial charge in [0.25, 0.3) is 0 Å². The summed E-state index contributed by atoms with van der Waals surface area (Å²) >= 11 is 0. The molecule has 0 spiro atoms. The second-order valence-electron chi connectivity index (χ2n) is 5.60. The Morgan fingerprint density at radius 3 is 2.00 bits per heavy atom. The minimum Gasteiger partial charge on any atom is -0.478 e. The SMILES string of the molecule is CCC(C)CC(=O)Oc1ccc(-c2ccc(C(=O)O)cc2)cc1. The van der Waals surface area contributed by atoms with Crippen molar-refractivity contribution in [3.05, 3.63) is 54.1 Å². The molecule has 0 aliphatic carbocycles. The molecule has 0 saturated carbocycles. The Kier molecular flexibility index (Phi) is 5.52. The number of carboxylic acids is 1. The molecule has 2 aromatic rings. The number of benzene rings is 2. The lowest BCUT2D eigenvalue weighted by Crippen LogP contribution is -2.11. The van der Waals surface area contributed by atoms with Crippen LogP contribution in [0, 0.1) is 5.92 Å². The molecule has 0 saturated heterocycles. The van der Waals surface area contributed by atoms with Crippen LogP contribution in [-0.4, -0.2) is 17.0 Å². The molecule has 0 aliphatic rings. The van der Waals surface area contributed by atoms with Gasteiger partial charge < -0.3 is 9.84 Å². The zero-order valence-electron chi connectivity index (χ0n) is 13.3. The summed E-state index contributed by atoms with van der Waals surface area (Å²) in [6.07, 6.45) is 1.36. The van der Waals surface area contributed by atoms with Crippen LogP contribution in [0.4, 0.5) is 0 Å². The summed E-state index contributed by atoms with van der Waals surface area (Å²) in [4.78, 5) is 22.6. The highest BCUT2D eigenvalue weighted by atomic mass is 16.5. The highest BCUT2D eigenvalue weighted by Gasteiger charge is 2.10. The van der Waals surface area contributed by atoms with E-state index in [0.29, 0.717) is 18.1 Å². The molecule has 0 heterocycles. The van der Waals surface area contributed by atoms with Crippen molar-refractivity contribution in [2.75, 3.05) is 0 Å². The molecule has 2 aromatic carbocycles. The Morgan fingerprint density at radius 1 is 1.00 bits per heavy atom. The molecular weight excluding hydrogens is 292 g/mol. The first-order valence-electron chi connectivity index (χ1n) is 7.64. The third-order valence-corrected chi connectivity index (χ3v) is 3.76. The lowest BCUT2D eigenvalue weighted by atomic mass is 10.0. The van der Waals surface area contributed by atoms with Crippen molar-refractivity contribution in [1.82, 2.24) is 0 Å². The summed E-state index contributed by atoms with van der Waals surface area (Å²) in [5.74, 6) is -0.336. The number of esters is 1. The van der Waals surface area contributed by atoms with E-state index in [9.17, 15) is 9.59 Å². The summed E-state index contributed by atoms with van der Waals surface area (Å²) in [5, 5.41) is 8.90. The number of hydrogen-bond donors (Lipinski definition) is 1. The number of carboxylic acid groups (broad SMARTS) is 1. The molecule has 120 valence electrons. The van der Waals surface area contributed by atoms with Gasteiger partial charge in [0.1, 0.15) is 5.75 Å². The molecule has 4 nitrogen and oxygen atoms in total. The lowest BCUT2D eigenvalue weighted by molar-refractivity contribution is -0.135. The topological polar surface area (TPSA) is 63.6 Å². The Bertz CT molecular complexity index is 672. The third kappa shape index (κ3) is 4.68. The summed E-state index contributed by atoms with van der Waals surface area (Å²) < 4.78 is 5.31. The molecule has 0 radical (unpaired) electrons. The second-order valence-corrected chi connectivity index (χ2v) is 5.60. The van der Waals surface area contributed by atoms with Gasteiger partial charge in [0, 0.05) is 6.42 Å². The Morgan fingerprint density at radius 2 is 1.52 bits per heavy atom. The number of carbonyl (C=O) groups excluding carboxylic acids is 1. The van der Waals surface area contributed by atoms with Gasteiger partial charge in [-0.05, 0) is 41.3 Å². The summed E-state index contributed by atoms with van der Waals surface area (Å²) in [6.45, 7) is 4.06. The molecule has 0 fully saturated rings. The van der Waals surface area contributed by atoms with Crippen LogP contribution in [0.5, 0.6) is 5.75 Å². The summed E-state index contributed by atoms with van der Waals surface area (Å²) in [5.41, 5.74) is 2.10. The van der Waals surface area contributed by atoms with Crippen LogP contribution in [0.3, 0.4) is 0 Å². The van der Waals surface area contributed by atoms with Crippen molar-refractivity contribution in [2.24, 2.45) is 5.92 Å². The Labute approximate surface area is 135 Å². The minimum absolute atomic E-state index is 0.224. The number of aromatic carboxylic acids is 1. The van der Waals surface area contributed by atoms with E-state index in [0.717, 1.165) is 17.5 Å². The molecule has 0 aliphatic heterocycles. The van der Waals surface area contributed by atoms with E-state index in [4.69, 9.17) is 9.84 Å². The molecule has 1 atom stereocenters. The fraction of sp³-hybridized carbons (Fsp3) is 0.263. The minimum atomic E-state index is -0.944. The normalized spacial score (nSPS) is 11.7. The van der Waals surface area contributed by atoms with Gasteiger partial charge in [0.05, 0.1) is 5.56 Å². The predicted molar refractivity (Wildman–Crippen MR) is 88.5 cm³/mol. The van der Waals surface area contributed by atoms with Gasteiger partial charge in [-0.2, -0.15) is 0 Å². The molecule has 0 bridgehead atoms. The van der Waals surface area contributed by atoms with Gasteiger partial charge in [0.2, 0.25) is 0 Å². The van der Waals surface area contributed by atoms with Crippen LogP contribution < -0.4 is 4.74 Å². The predicted octanol–water partition coefficient (Wildman–Crippen LogP) is 4.39. The molecule has 4 heteroatoms. The highest BCUT2D eigenvalue weighted by molar-refractivity contribution is 5.88. The maximum Gasteiger partial charge on any atom is 0.335 e. The molecule has 1 N–H and O–H groups in total. The van der Waals surface area contributed by atoms with Gasteiger partial charge in [-0.1, -0.05) is 44.5 Å². The van der Waals surface area contributed by atoms with E-state index in [1.54, 1.807) is 36.4 Å². The first-order chi connectivity index (χ1) is 11.0. The highest BCUT2D eigenvalue weighted by Crippen LogP contribution is 2.23. The fourth-order valence-electron chi connectivity index (χ4n) is 2.12. The van der Waals surface area contributed by atoms with Crippen LogP contribution >= 0.6 is 0 Å². The Balaban J connectivity index is 2.04. The largest absolute Gasteiger partial charge is 0.478 e. The number of carbonyl (C=O) groups is 2. The van der Waals surface area contributed by atoms with Gasteiger partial charge >= 0.3 is 11.9 Å². The molecule has 0 aromatic heterocycles. The van der Waals surface area contributed by atoms with E-state index < -0.39 is 5.97 Å². The first kappa shape index (κ1) is 16.7. The van der Waals surface area contributed by atoms with Crippen molar-refractivity contribution in [3.63, 3.8) is 0 Å². The Hall–Kier alpha value is -2.62. The van der Waals surface area contributed by atoms with Crippen LogP contribution in [0.2, 0.25) is 0 Å². The fourth-order valence-corrected chi connectivity index (χ4v) is 2.12. The molecule has 2 rings (SSSR count). The lowest BCUT2D eigenvalue weighted by Gasteiger charge is -2.09. The van der Waals surface area contributed by atoms with E-state index in [1.807, 2.05) is 26.0 Å². The maximum atomic E-state index is 11.8. The standard InChI is InChI=1S/C19H20O4/c1-3-13(2)12-18(20)23-17-10-8-15(9-11-17)14-4-6-16(7-5-14)19(21)22/h4-11,13H,3,12H2,1-2H3,(H,21,22). The van der Waals surface area contributed by atoms with E-state index in [2.05, 4.69) is 0 Å². The summed E-state index contributed by atoms with van der Waals surface area (Å²) in [6, 6.07) is 13.8. The van der Waals surface area contributed by atoms with Gasteiger partial charge in [-0.25, -0.2) is 4.79 Å². The number of rotatable bonds is 6. The van der Waals surface area contributed by atoms with Crippen LogP contribution in [0.15, 0.2) is 48.5 Å². The summed E-state index contributed by atoms with van der Waals surface area (Å²) in [7, 11) is 0. The van der Waals surface area contributed by atoms with Crippen molar-refractivity contribution >= 4 is 11.9 Å². The van der Waals surface area contributed by atoms with Crippen molar-refractivity contribution in [1.29, 1.82) is 0 Å². The van der Waals surface area contributed by atoms with Crippen LogP contribution in [0.25, 0.3) is 11.1 Å². The van der Waals surface area contributed by atoms with E-state index in [1.165, 1.54) is 0 Å². The first-order valence-corrected chi connectivity index (χ1v) is 7.64. The third-order valence-electron chi connectivity index (χ3n) is 3.76. The molecular formula is C19H20O4. The molecule has 23 heavy (non-hydrogen) atoms. The van der Waals surface area contributed by atoms with E-state index in [-0.39, 0.29) is 11.5 Å². The monoisotopic (exact) mass is 312 g/mol. The molecule has 1 unspecified atom stereocenters.